The number of likely N-dealkylation sites (tertiary alicyclic amines) is 1. The highest BCUT2D eigenvalue weighted by atomic mass is 15.1. The van der Waals surface area contributed by atoms with Crippen LogP contribution in [0.25, 0.3) is 0 Å². The average molecular weight is 283 g/mol. The molecule has 0 aromatic rings. The van der Waals surface area contributed by atoms with Gasteiger partial charge in [0.2, 0.25) is 0 Å². The quantitative estimate of drug-likeness (QED) is 0.723. The van der Waals surface area contributed by atoms with Gasteiger partial charge in [-0.2, -0.15) is 0 Å². The Bertz CT molecular complexity index is 254. The van der Waals surface area contributed by atoms with Gasteiger partial charge in [-0.15, -0.1) is 0 Å². The van der Waals surface area contributed by atoms with E-state index in [1.54, 1.807) is 0 Å². The molecule has 120 valence electrons. The van der Waals surface area contributed by atoms with Crippen LogP contribution < -0.4 is 5.32 Å². The Labute approximate surface area is 127 Å². The molecule has 2 heteroatoms. The number of nitrogens with one attached hydrogen (secondary N) is 1. The first kappa shape index (κ1) is 18.0. The molecule has 1 rings (SSSR count). The van der Waals surface area contributed by atoms with E-state index < -0.39 is 0 Å². The second-order valence-electron chi connectivity index (χ2n) is 8.23. The zero-order chi connectivity index (χ0) is 15.2. The van der Waals surface area contributed by atoms with Gasteiger partial charge < -0.3 is 10.2 Å². The Morgan fingerprint density at radius 2 is 1.80 bits per heavy atom. The molecule has 0 radical (unpaired) electrons. The van der Waals surface area contributed by atoms with Crippen LogP contribution in [-0.2, 0) is 0 Å². The van der Waals surface area contributed by atoms with Gasteiger partial charge in [0.25, 0.3) is 0 Å². The van der Waals surface area contributed by atoms with Crippen molar-refractivity contribution >= 4 is 0 Å². The minimum Gasteiger partial charge on any atom is -0.316 e. The second kappa shape index (κ2) is 8.38. The molecule has 1 N–H and O–H groups in total. The van der Waals surface area contributed by atoms with E-state index in [-0.39, 0.29) is 0 Å². The Morgan fingerprint density at radius 3 is 2.30 bits per heavy atom. The highest BCUT2D eigenvalue weighted by molar-refractivity contribution is 4.84. The fourth-order valence-corrected chi connectivity index (χ4v) is 3.95. The van der Waals surface area contributed by atoms with E-state index in [1.165, 1.54) is 38.9 Å². The largest absolute Gasteiger partial charge is 0.316 e. The highest BCUT2D eigenvalue weighted by Crippen LogP contribution is 2.28. The molecule has 1 saturated heterocycles. The van der Waals surface area contributed by atoms with Gasteiger partial charge in [-0.3, -0.25) is 0 Å². The van der Waals surface area contributed by atoms with Crippen molar-refractivity contribution in [1.82, 2.24) is 10.2 Å². The summed E-state index contributed by atoms with van der Waals surface area (Å²) in [7, 11) is 0. The molecule has 1 aliphatic rings. The fraction of sp³-hybridized carbons (Fsp3) is 1.00. The van der Waals surface area contributed by atoms with Gasteiger partial charge in [0.15, 0.2) is 0 Å². The molecule has 1 fully saturated rings. The lowest BCUT2D eigenvalue weighted by atomic mass is 9.82. The molecule has 3 atom stereocenters. The highest BCUT2D eigenvalue weighted by Gasteiger charge is 2.30. The summed E-state index contributed by atoms with van der Waals surface area (Å²) in [5.41, 5.74) is 0.431. The predicted octanol–water partition coefficient (Wildman–Crippen LogP) is 4.02. The van der Waals surface area contributed by atoms with E-state index in [0.717, 1.165) is 30.8 Å². The molecule has 0 aliphatic carbocycles. The number of rotatable bonds is 8. The smallest absolute Gasteiger partial charge is 0.00477 e. The van der Waals surface area contributed by atoms with Crippen LogP contribution in [0, 0.1) is 23.2 Å². The molecule has 0 aromatic heterocycles. The summed E-state index contributed by atoms with van der Waals surface area (Å²) >= 11 is 0. The maximum Gasteiger partial charge on any atom is 0.00477 e. The summed E-state index contributed by atoms with van der Waals surface area (Å²) in [6.07, 6.45) is 4.03. The van der Waals surface area contributed by atoms with Gasteiger partial charge in [-0.1, -0.05) is 48.0 Å². The third kappa shape index (κ3) is 6.58. The Kier molecular flexibility index (Phi) is 7.53. The van der Waals surface area contributed by atoms with Crippen molar-refractivity contribution in [3.8, 4) is 0 Å². The molecule has 2 nitrogen and oxygen atoms in total. The van der Waals surface area contributed by atoms with Crippen LogP contribution >= 0.6 is 0 Å². The lowest BCUT2D eigenvalue weighted by molar-refractivity contribution is 0.0836. The molecule has 1 heterocycles. The molecule has 0 aromatic carbocycles. The minimum absolute atomic E-state index is 0.431. The molecular weight excluding hydrogens is 244 g/mol. The second-order valence-corrected chi connectivity index (χ2v) is 8.23. The maximum atomic E-state index is 3.70. The molecule has 20 heavy (non-hydrogen) atoms. The van der Waals surface area contributed by atoms with Crippen LogP contribution in [-0.4, -0.2) is 37.6 Å². The Morgan fingerprint density at radius 1 is 1.20 bits per heavy atom. The van der Waals surface area contributed by atoms with Gasteiger partial charge in [-0.05, 0) is 42.6 Å². The molecule has 0 bridgehead atoms. The SMILES string of the molecule is CCCC(C)(CNCC(C)C)CN1CC(C)CC(C)C1. The van der Waals surface area contributed by atoms with Gasteiger partial charge in [-0.25, -0.2) is 0 Å². The Hall–Kier alpha value is -0.0800. The van der Waals surface area contributed by atoms with E-state index in [0.29, 0.717) is 5.41 Å². The van der Waals surface area contributed by atoms with Crippen LogP contribution in [0.5, 0.6) is 0 Å². The van der Waals surface area contributed by atoms with E-state index in [2.05, 4.69) is 51.8 Å². The van der Waals surface area contributed by atoms with Crippen LogP contribution in [0.1, 0.15) is 60.8 Å². The van der Waals surface area contributed by atoms with Crippen LogP contribution in [0.4, 0.5) is 0 Å². The van der Waals surface area contributed by atoms with E-state index in [9.17, 15) is 0 Å². The molecule has 0 amide bonds. The average Bonchev–Trinajstić information content (AvgIpc) is 2.26. The number of hydrogen-bond acceptors (Lipinski definition) is 2. The molecule has 3 unspecified atom stereocenters. The molecule has 0 saturated carbocycles. The number of hydrogen-bond donors (Lipinski definition) is 1. The van der Waals surface area contributed by atoms with Crippen molar-refractivity contribution in [1.29, 1.82) is 0 Å². The first-order valence-electron chi connectivity index (χ1n) is 8.77. The van der Waals surface area contributed by atoms with Crippen molar-refractivity contribution in [3.05, 3.63) is 0 Å². The molecule has 0 spiro atoms. The molecule has 1 aliphatic heterocycles. The summed E-state index contributed by atoms with van der Waals surface area (Å²) in [6.45, 7) is 20.4. The van der Waals surface area contributed by atoms with Crippen molar-refractivity contribution in [2.45, 2.75) is 60.8 Å². The molecular formula is C18H38N2. The summed E-state index contributed by atoms with van der Waals surface area (Å²) in [6, 6.07) is 0. The zero-order valence-corrected chi connectivity index (χ0v) is 14.8. The van der Waals surface area contributed by atoms with Gasteiger partial charge >= 0.3 is 0 Å². The first-order chi connectivity index (χ1) is 9.34. The van der Waals surface area contributed by atoms with Gasteiger partial charge in [0.05, 0.1) is 0 Å². The normalized spacial score (nSPS) is 27.8. The maximum absolute atomic E-state index is 3.70. The summed E-state index contributed by atoms with van der Waals surface area (Å²) < 4.78 is 0. The Balaban J connectivity index is 2.51. The topological polar surface area (TPSA) is 15.3 Å². The van der Waals surface area contributed by atoms with E-state index >= 15 is 0 Å². The van der Waals surface area contributed by atoms with Gasteiger partial charge in [0.1, 0.15) is 0 Å². The zero-order valence-electron chi connectivity index (χ0n) is 14.8. The van der Waals surface area contributed by atoms with Crippen molar-refractivity contribution < 1.29 is 0 Å². The van der Waals surface area contributed by atoms with Crippen LogP contribution in [0.3, 0.4) is 0 Å². The summed E-state index contributed by atoms with van der Waals surface area (Å²) in [5, 5.41) is 3.70. The van der Waals surface area contributed by atoms with Crippen LogP contribution in [0.15, 0.2) is 0 Å². The summed E-state index contributed by atoms with van der Waals surface area (Å²) in [5.74, 6) is 2.48. The minimum atomic E-state index is 0.431. The lowest BCUT2D eigenvalue weighted by Crippen LogP contribution is -2.47. The van der Waals surface area contributed by atoms with Crippen molar-refractivity contribution in [2.75, 3.05) is 32.7 Å². The monoisotopic (exact) mass is 282 g/mol. The van der Waals surface area contributed by atoms with E-state index in [1.807, 2.05) is 0 Å². The van der Waals surface area contributed by atoms with E-state index in [4.69, 9.17) is 0 Å². The van der Waals surface area contributed by atoms with Crippen molar-refractivity contribution in [3.63, 3.8) is 0 Å². The fourth-order valence-electron chi connectivity index (χ4n) is 3.95. The third-order valence-electron chi connectivity index (χ3n) is 4.51. The number of piperidine rings is 1. The third-order valence-corrected chi connectivity index (χ3v) is 4.51. The van der Waals surface area contributed by atoms with Crippen LogP contribution in [0.2, 0.25) is 0 Å². The van der Waals surface area contributed by atoms with Crippen molar-refractivity contribution in [2.24, 2.45) is 23.2 Å². The standard InChI is InChI=1S/C18H38N2/c1-7-8-18(6,13-19-10-15(2)3)14-20-11-16(4)9-17(5)12-20/h15-17,19H,7-14H2,1-6H3. The van der Waals surface area contributed by atoms with Gasteiger partial charge in [0, 0.05) is 26.2 Å². The lowest BCUT2D eigenvalue weighted by Gasteiger charge is -2.41. The number of nitrogens with zero attached hydrogens (tertiary/aromatic N) is 1. The predicted molar refractivity (Wildman–Crippen MR) is 90.1 cm³/mol. The first-order valence-corrected chi connectivity index (χ1v) is 8.77. The summed E-state index contributed by atoms with van der Waals surface area (Å²) in [4.78, 5) is 2.73.